The molecule has 0 spiro atoms. The van der Waals surface area contributed by atoms with Gasteiger partial charge in [-0.05, 0) is 35.9 Å². The summed E-state index contributed by atoms with van der Waals surface area (Å²) in [5.74, 6) is -0.0150. The molecule has 1 heterocycles. The van der Waals surface area contributed by atoms with Gasteiger partial charge in [0.25, 0.3) is 0 Å². The van der Waals surface area contributed by atoms with Gasteiger partial charge in [-0.3, -0.25) is 0 Å². The van der Waals surface area contributed by atoms with Gasteiger partial charge in [-0.15, -0.1) is 0 Å². The zero-order chi connectivity index (χ0) is 13.4. The Bertz CT molecular complexity index is 598. The van der Waals surface area contributed by atoms with E-state index in [4.69, 9.17) is 10.5 Å². The molecule has 0 saturated heterocycles. The molecule has 0 bridgehead atoms. The van der Waals surface area contributed by atoms with Gasteiger partial charge in [0.1, 0.15) is 23.5 Å². The van der Waals surface area contributed by atoms with Crippen LogP contribution < -0.4 is 10.5 Å². The molecule has 98 valence electrons. The Morgan fingerprint density at radius 3 is 2.42 bits per heavy atom. The average molecular weight is 261 g/mol. The molecule has 2 aromatic carbocycles. The van der Waals surface area contributed by atoms with Gasteiger partial charge in [-0.25, -0.2) is 8.78 Å². The van der Waals surface area contributed by atoms with Crippen molar-refractivity contribution >= 4 is 0 Å². The smallest absolute Gasteiger partial charge is 0.126 e. The number of benzene rings is 2. The molecule has 0 saturated carbocycles. The van der Waals surface area contributed by atoms with E-state index in [1.807, 2.05) is 0 Å². The maximum Gasteiger partial charge on any atom is 0.126 e. The van der Waals surface area contributed by atoms with Crippen LogP contribution in [0.1, 0.15) is 29.7 Å². The van der Waals surface area contributed by atoms with Crippen molar-refractivity contribution in [1.82, 2.24) is 0 Å². The molecule has 4 heteroatoms. The highest BCUT2D eigenvalue weighted by atomic mass is 19.1. The van der Waals surface area contributed by atoms with Crippen LogP contribution in [0.2, 0.25) is 0 Å². The predicted molar refractivity (Wildman–Crippen MR) is 67.7 cm³/mol. The Morgan fingerprint density at radius 2 is 1.68 bits per heavy atom. The van der Waals surface area contributed by atoms with E-state index >= 15 is 0 Å². The molecule has 2 atom stereocenters. The van der Waals surface area contributed by atoms with Gasteiger partial charge in [0, 0.05) is 18.0 Å². The number of rotatable bonds is 1. The van der Waals surface area contributed by atoms with Crippen molar-refractivity contribution in [2.75, 3.05) is 0 Å². The first-order valence-electron chi connectivity index (χ1n) is 6.10. The Morgan fingerprint density at radius 1 is 1.00 bits per heavy atom. The van der Waals surface area contributed by atoms with Gasteiger partial charge >= 0.3 is 0 Å². The molecule has 1 aliphatic heterocycles. The monoisotopic (exact) mass is 261 g/mol. The summed E-state index contributed by atoms with van der Waals surface area (Å²) in [5.41, 5.74) is 7.60. The van der Waals surface area contributed by atoms with Crippen LogP contribution in [-0.2, 0) is 0 Å². The summed E-state index contributed by atoms with van der Waals surface area (Å²) in [5, 5.41) is 0. The summed E-state index contributed by atoms with van der Waals surface area (Å²) in [6, 6.07) is 10.2. The number of hydrogen-bond acceptors (Lipinski definition) is 2. The normalized spacial score (nSPS) is 21.6. The number of nitrogens with two attached hydrogens (primary N) is 1. The molecule has 2 aromatic rings. The molecule has 0 amide bonds. The standard InChI is InChI=1S/C15H13F2NO/c16-10-3-1-9(2-4-10)15-8-13(18)12-7-11(17)5-6-14(12)19-15/h1-7,13,15H,8,18H2/t13-,15?/m1/s1. The van der Waals surface area contributed by atoms with Gasteiger partial charge in [-0.2, -0.15) is 0 Å². The largest absolute Gasteiger partial charge is 0.485 e. The molecule has 3 rings (SSSR count). The van der Waals surface area contributed by atoms with Crippen molar-refractivity contribution in [2.24, 2.45) is 5.73 Å². The van der Waals surface area contributed by atoms with Gasteiger partial charge in [0.15, 0.2) is 0 Å². The second-order valence-electron chi connectivity index (χ2n) is 4.68. The maximum atomic E-state index is 13.2. The highest BCUT2D eigenvalue weighted by Crippen LogP contribution is 2.39. The molecule has 1 unspecified atom stereocenters. The van der Waals surface area contributed by atoms with E-state index < -0.39 is 0 Å². The third-order valence-corrected chi connectivity index (χ3v) is 3.35. The Balaban J connectivity index is 1.92. The van der Waals surface area contributed by atoms with Crippen LogP contribution in [0.4, 0.5) is 8.78 Å². The molecular formula is C15H13F2NO. The first kappa shape index (κ1) is 12.1. The second kappa shape index (κ2) is 4.63. The lowest BCUT2D eigenvalue weighted by Crippen LogP contribution is -2.24. The Kier molecular flexibility index (Phi) is 2.95. The van der Waals surface area contributed by atoms with Crippen molar-refractivity contribution in [3.05, 3.63) is 65.2 Å². The first-order chi connectivity index (χ1) is 9.13. The van der Waals surface area contributed by atoms with Crippen molar-refractivity contribution in [3.63, 3.8) is 0 Å². The zero-order valence-corrected chi connectivity index (χ0v) is 10.1. The molecule has 0 radical (unpaired) electrons. The summed E-state index contributed by atoms with van der Waals surface area (Å²) >= 11 is 0. The SMILES string of the molecule is N[C@@H]1CC(c2ccc(F)cc2)Oc2ccc(F)cc21. The van der Waals surface area contributed by atoms with Gasteiger partial charge < -0.3 is 10.5 Å². The van der Waals surface area contributed by atoms with Crippen molar-refractivity contribution in [3.8, 4) is 5.75 Å². The van der Waals surface area contributed by atoms with Crippen LogP contribution in [0.25, 0.3) is 0 Å². The molecule has 0 aromatic heterocycles. The van der Waals surface area contributed by atoms with Gasteiger partial charge in [0.05, 0.1) is 0 Å². The molecule has 0 aliphatic carbocycles. The lowest BCUT2D eigenvalue weighted by Gasteiger charge is -2.30. The van der Waals surface area contributed by atoms with Crippen LogP contribution in [0, 0.1) is 11.6 Å². The van der Waals surface area contributed by atoms with Crippen LogP contribution in [0.15, 0.2) is 42.5 Å². The fraction of sp³-hybridized carbons (Fsp3) is 0.200. The van der Waals surface area contributed by atoms with Gasteiger partial charge in [-0.1, -0.05) is 12.1 Å². The number of hydrogen-bond donors (Lipinski definition) is 1. The molecule has 1 aliphatic rings. The minimum absolute atomic E-state index is 0.228. The lowest BCUT2D eigenvalue weighted by atomic mass is 9.93. The maximum absolute atomic E-state index is 13.2. The summed E-state index contributed by atoms with van der Waals surface area (Å²) in [4.78, 5) is 0. The number of fused-ring (bicyclic) bond motifs is 1. The first-order valence-corrected chi connectivity index (χ1v) is 6.10. The zero-order valence-electron chi connectivity index (χ0n) is 10.1. The molecule has 0 fully saturated rings. The summed E-state index contributed by atoms with van der Waals surface area (Å²) in [7, 11) is 0. The van der Waals surface area contributed by atoms with E-state index in [0.717, 1.165) is 5.56 Å². The molecule has 19 heavy (non-hydrogen) atoms. The predicted octanol–water partition coefficient (Wildman–Crippen LogP) is 3.49. The Labute approximate surface area is 109 Å². The minimum Gasteiger partial charge on any atom is -0.485 e. The highest BCUT2D eigenvalue weighted by Gasteiger charge is 2.27. The fourth-order valence-electron chi connectivity index (χ4n) is 2.36. The van der Waals surface area contributed by atoms with E-state index in [1.54, 1.807) is 18.2 Å². The van der Waals surface area contributed by atoms with Crippen molar-refractivity contribution in [2.45, 2.75) is 18.6 Å². The van der Waals surface area contributed by atoms with E-state index in [1.165, 1.54) is 24.3 Å². The minimum atomic E-state index is -0.321. The third-order valence-electron chi connectivity index (χ3n) is 3.35. The van der Waals surface area contributed by atoms with Crippen LogP contribution in [0.3, 0.4) is 0 Å². The van der Waals surface area contributed by atoms with Crippen LogP contribution in [0.5, 0.6) is 5.75 Å². The summed E-state index contributed by atoms with van der Waals surface area (Å²) in [6.07, 6.45) is 0.316. The van der Waals surface area contributed by atoms with Crippen LogP contribution >= 0.6 is 0 Å². The van der Waals surface area contributed by atoms with E-state index in [9.17, 15) is 8.78 Å². The highest BCUT2D eigenvalue weighted by molar-refractivity contribution is 5.39. The summed E-state index contributed by atoms with van der Waals surface area (Å²) < 4.78 is 31.9. The number of halogens is 2. The number of ether oxygens (including phenoxy) is 1. The quantitative estimate of drug-likeness (QED) is 0.852. The molecular weight excluding hydrogens is 248 g/mol. The third kappa shape index (κ3) is 2.31. The van der Waals surface area contributed by atoms with E-state index in [-0.39, 0.29) is 23.8 Å². The fourth-order valence-corrected chi connectivity index (χ4v) is 2.36. The molecule has 2 N–H and O–H groups in total. The van der Waals surface area contributed by atoms with E-state index in [0.29, 0.717) is 17.7 Å². The van der Waals surface area contributed by atoms with Gasteiger partial charge in [0.2, 0.25) is 0 Å². The van der Waals surface area contributed by atoms with Crippen molar-refractivity contribution in [1.29, 1.82) is 0 Å². The second-order valence-corrected chi connectivity index (χ2v) is 4.68. The molecule has 2 nitrogen and oxygen atoms in total. The average Bonchev–Trinajstić information content (AvgIpc) is 2.40. The van der Waals surface area contributed by atoms with Crippen LogP contribution in [-0.4, -0.2) is 0 Å². The lowest BCUT2D eigenvalue weighted by molar-refractivity contribution is 0.161. The van der Waals surface area contributed by atoms with E-state index in [2.05, 4.69) is 0 Å². The topological polar surface area (TPSA) is 35.2 Å². The van der Waals surface area contributed by atoms with Crippen molar-refractivity contribution < 1.29 is 13.5 Å². The summed E-state index contributed by atoms with van der Waals surface area (Å²) in [6.45, 7) is 0. The Hall–Kier alpha value is -1.94.